The van der Waals surface area contributed by atoms with Gasteiger partial charge in [-0.2, -0.15) is 5.26 Å². The quantitative estimate of drug-likeness (QED) is 0.341. The Labute approximate surface area is 132 Å². The molecule has 0 aromatic carbocycles. The summed E-state index contributed by atoms with van der Waals surface area (Å²) in [6.45, 7) is 13.3. The van der Waals surface area contributed by atoms with Crippen molar-refractivity contribution in [2.24, 2.45) is 0 Å². The maximum Gasteiger partial charge on any atom is 0.193 e. The van der Waals surface area contributed by atoms with Crippen LogP contribution in [0.25, 0.3) is 0 Å². The molecule has 1 aliphatic heterocycles. The summed E-state index contributed by atoms with van der Waals surface area (Å²) in [7, 11) is -1.86. The molecule has 0 bridgehead atoms. The molecule has 0 aromatic rings. The predicted octanol–water partition coefficient (Wildman–Crippen LogP) is 5.03. The van der Waals surface area contributed by atoms with Gasteiger partial charge in [-0.1, -0.05) is 53.4 Å². The van der Waals surface area contributed by atoms with Crippen LogP contribution in [-0.2, 0) is 9.16 Å². The first kappa shape index (κ1) is 18.7. The Bertz CT molecular complexity index is 357. The van der Waals surface area contributed by atoms with Gasteiger partial charge in [-0.15, -0.1) is 0 Å². The van der Waals surface area contributed by atoms with Crippen LogP contribution >= 0.6 is 0 Å². The van der Waals surface area contributed by atoms with E-state index in [0.717, 1.165) is 12.8 Å². The van der Waals surface area contributed by atoms with Gasteiger partial charge < -0.3 is 9.16 Å². The third-order valence-corrected chi connectivity index (χ3v) is 9.35. The Kier molecular flexibility index (Phi) is 6.90. The highest BCUT2D eigenvalue weighted by atomic mass is 28.4. The van der Waals surface area contributed by atoms with Gasteiger partial charge >= 0.3 is 0 Å². The van der Waals surface area contributed by atoms with Crippen molar-refractivity contribution in [3.05, 3.63) is 0 Å². The summed E-state index contributed by atoms with van der Waals surface area (Å²) in [6.07, 6.45) is 7.32. The average molecular weight is 312 g/mol. The topological polar surface area (TPSA) is 45.5 Å². The van der Waals surface area contributed by atoms with Gasteiger partial charge in [-0.05, 0) is 24.6 Å². The average Bonchev–Trinajstić information content (AvgIpc) is 3.10. The molecule has 3 nitrogen and oxygen atoms in total. The highest BCUT2D eigenvalue weighted by molar-refractivity contribution is 6.74. The van der Waals surface area contributed by atoms with Gasteiger partial charge in [0.25, 0.3) is 0 Å². The van der Waals surface area contributed by atoms with Crippen molar-refractivity contribution in [3.63, 3.8) is 0 Å². The van der Waals surface area contributed by atoms with Crippen LogP contribution in [0.3, 0.4) is 0 Å². The lowest BCUT2D eigenvalue weighted by Crippen LogP contribution is -2.44. The zero-order valence-electron chi connectivity index (χ0n) is 14.7. The van der Waals surface area contributed by atoms with Gasteiger partial charge in [-0.3, -0.25) is 0 Å². The zero-order valence-corrected chi connectivity index (χ0v) is 15.7. The molecule has 0 N–H and O–H groups in total. The monoisotopic (exact) mass is 311 g/mol. The first-order valence-corrected chi connectivity index (χ1v) is 11.3. The molecule has 3 atom stereocenters. The Morgan fingerprint density at radius 2 is 1.86 bits per heavy atom. The number of ether oxygens (including phenoxy) is 1. The molecular formula is C17H33NO2Si. The van der Waals surface area contributed by atoms with E-state index < -0.39 is 8.32 Å². The van der Waals surface area contributed by atoms with Crippen LogP contribution in [0.1, 0.15) is 66.2 Å². The summed E-state index contributed by atoms with van der Waals surface area (Å²) >= 11 is 0. The van der Waals surface area contributed by atoms with E-state index in [1.54, 1.807) is 0 Å². The van der Waals surface area contributed by atoms with Gasteiger partial charge in [0.1, 0.15) is 6.10 Å². The van der Waals surface area contributed by atoms with Crippen LogP contribution in [0.2, 0.25) is 18.1 Å². The standard InChI is InChI=1S/C17H33NO2Si/c1-7-8-9-10-11-15-16(19-15)12-14(13-18)20-21(5,6)17(2,3)4/h14-16H,7-12H2,1-6H3/t14?,15-,16+/m1/s1. The van der Waals surface area contributed by atoms with Crippen LogP contribution < -0.4 is 0 Å². The summed E-state index contributed by atoms with van der Waals surface area (Å²) in [5.41, 5.74) is 0. The molecular weight excluding hydrogens is 278 g/mol. The minimum Gasteiger partial charge on any atom is -0.401 e. The summed E-state index contributed by atoms with van der Waals surface area (Å²) in [5.74, 6) is 0. The number of epoxide rings is 1. The molecule has 0 amide bonds. The lowest BCUT2D eigenvalue weighted by Gasteiger charge is -2.37. The van der Waals surface area contributed by atoms with Crippen molar-refractivity contribution in [1.82, 2.24) is 0 Å². The molecule has 0 saturated carbocycles. The fourth-order valence-corrected chi connectivity index (χ4v) is 3.50. The van der Waals surface area contributed by atoms with Crippen molar-refractivity contribution in [2.75, 3.05) is 0 Å². The van der Waals surface area contributed by atoms with E-state index in [1.165, 1.54) is 25.7 Å². The molecule has 1 aliphatic rings. The number of unbranched alkanes of at least 4 members (excludes halogenated alkanes) is 3. The second-order valence-electron chi connectivity index (χ2n) is 7.79. The van der Waals surface area contributed by atoms with E-state index in [1.807, 2.05) is 0 Å². The highest BCUT2D eigenvalue weighted by Gasteiger charge is 2.43. The Hall–Kier alpha value is -0.373. The van der Waals surface area contributed by atoms with E-state index in [0.29, 0.717) is 6.10 Å². The normalized spacial score (nSPS) is 23.7. The largest absolute Gasteiger partial charge is 0.401 e. The van der Waals surface area contributed by atoms with Crippen LogP contribution in [0.4, 0.5) is 0 Å². The maximum atomic E-state index is 9.36. The first-order valence-electron chi connectivity index (χ1n) is 8.44. The lowest BCUT2D eigenvalue weighted by molar-refractivity contribution is 0.205. The van der Waals surface area contributed by atoms with E-state index in [-0.39, 0.29) is 17.2 Å². The van der Waals surface area contributed by atoms with Crippen LogP contribution in [0, 0.1) is 11.3 Å². The molecule has 0 spiro atoms. The fraction of sp³-hybridized carbons (Fsp3) is 0.941. The van der Waals surface area contributed by atoms with Gasteiger partial charge in [0, 0.05) is 6.42 Å². The second kappa shape index (κ2) is 7.76. The van der Waals surface area contributed by atoms with E-state index in [9.17, 15) is 5.26 Å². The summed E-state index contributed by atoms with van der Waals surface area (Å²) in [5, 5.41) is 9.50. The Balaban J connectivity index is 2.32. The predicted molar refractivity (Wildman–Crippen MR) is 89.7 cm³/mol. The molecule has 4 heteroatoms. The van der Waals surface area contributed by atoms with Crippen molar-refractivity contribution in [3.8, 4) is 6.07 Å². The molecule has 0 radical (unpaired) electrons. The molecule has 1 fully saturated rings. The third-order valence-electron chi connectivity index (χ3n) is 4.86. The molecule has 122 valence electrons. The smallest absolute Gasteiger partial charge is 0.193 e. The van der Waals surface area contributed by atoms with Gasteiger partial charge in [0.2, 0.25) is 0 Å². The Morgan fingerprint density at radius 1 is 1.19 bits per heavy atom. The minimum absolute atomic E-state index is 0.145. The van der Waals surface area contributed by atoms with Gasteiger partial charge in [-0.25, -0.2) is 0 Å². The first-order chi connectivity index (χ1) is 9.71. The molecule has 0 aliphatic carbocycles. The summed E-state index contributed by atoms with van der Waals surface area (Å²) < 4.78 is 11.9. The SMILES string of the molecule is CCCCCC[C@H]1O[C@H]1CC(C#N)O[Si](C)(C)C(C)(C)C. The lowest BCUT2D eigenvalue weighted by atomic mass is 10.1. The number of hydrogen-bond donors (Lipinski definition) is 0. The van der Waals surface area contributed by atoms with Crippen molar-refractivity contribution >= 4 is 8.32 Å². The van der Waals surface area contributed by atoms with Gasteiger partial charge in [0.15, 0.2) is 8.32 Å². The minimum atomic E-state index is -1.86. The number of rotatable bonds is 9. The molecule has 1 heterocycles. The molecule has 1 saturated heterocycles. The zero-order chi connectivity index (χ0) is 16.1. The van der Waals surface area contributed by atoms with Crippen molar-refractivity contribution in [1.29, 1.82) is 5.26 Å². The fourth-order valence-electron chi connectivity index (χ4n) is 2.28. The van der Waals surface area contributed by atoms with E-state index in [4.69, 9.17) is 9.16 Å². The highest BCUT2D eigenvalue weighted by Crippen LogP contribution is 2.39. The number of nitrogens with zero attached hydrogens (tertiary/aromatic N) is 1. The van der Waals surface area contributed by atoms with Crippen LogP contribution in [-0.4, -0.2) is 26.6 Å². The van der Waals surface area contributed by atoms with Crippen LogP contribution in [0.15, 0.2) is 0 Å². The maximum absolute atomic E-state index is 9.36. The van der Waals surface area contributed by atoms with Crippen molar-refractivity contribution in [2.45, 2.75) is 103 Å². The number of hydrogen-bond acceptors (Lipinski definition) is 3. The number of nitriles is 1. The molecule has 21 heavy (non-hydrogen) atoms. The summed E-state index contributed by atoms with van der Waals surface area (Å²) in [4.78, 5) is 0. The van der Waals surface area contributed by atoms with Crippen LogP contribution in [0.5, 0.6) is 0 Å². The molecule has 1 unspecified atom stereocenters. The van der Waals surface area contributed by atoms with E-state index in [2.05, 4.69) is 46.9 Å². The van der Waals surface area contributed by atoms with E-state index >= 15 is 0 Å². The second-order valence-corrected chi connectivity index (χ2v) is 12.6. The molecule has 1 rings (SSSR count). The third kappa shape index (κ3) is 6.10. The summed E-state index contributed by atoms with van der Waals surface area (Å²) in [6, 6.07) is 2.33. The van der Waals surface area contributed by atoms with Crippen molar-refractivity contribution < 1.29 is 9.16 Å². The molecule has 0 aromatic heterocycles. The Morgan fingerprint density at radius 3 is 2.38 bits per heavy atom. The van der Waals surface area contributed by atoms with Gasteiger partial charge in [0.05, 0.1) is 18.3 Å².